The number of aromatic nitrogens is 2. The average Bonchev–Trinajstić information content (AvgIpc) is 2.61. The molecule has 1 saturated heterocycles. The van der Waals surface area contributed by atoms with Crippen LogP contribution in [0.2, 0.25) is 10.0 Å². The van der Waals surface area contributed by atoms with Gasteiger partial charge in [-0.15, -0.1) is 10.2 Å². The molecular formula is C18H19Cl2N3O3. The summed E-state index contributed by atoms with van der Waals surface area (Å²) < 4.78 is 11.3. The summed E-state index contributed by atoms with van der Waals surface area (Å²) in [4.78, 5) is 14.5. The molecule has 8 heteroatoms. The van der Waals surface area contributed by atoms with Gasteiger partial charge in [0.2, 0.25) is 5.88 Å². The molecule has 0 unspecified atom stereocenters. The Kier molecular flexibility index (Phi) is 5.37. The molecule has 2 heterocycles. The number of amides is 1. The Morgan fingerprint density at radius 3 is 2.73 bits per heavy atom. The number of carbonyl (C=O) groups excluding carboxylic acids is 1. The van der Waals surface area contributed by atoms with Gasteiger partial charge < -0.3 is 14.4 Å². The van der Waals surface area contributed by atoms with Crippen LogP contribution < -0.4 is 4.74 Å². The summed E-state index contributed by atoms with van der Waals surface area (Å²) in [6.45, 7) is 6.83. The van der Waals surface area contributed by atoms with Crippen molar-refractivity contribution < 1.29 is 14.3 Å². The average molecular weight is 396 g/mol. The van der Waals surface area contributed by atoms with Gasteiger partial charge in [0, 0.05) is 12.6 Å². The highest BCUT2D eigenvalue weighted by atomic mass is 35.5. The van der Waals surface area contributed by atoms with Crippen LogP contribution >= 0.6 is 23.2 Å². The molecule has 0 N–H and O–H groups in total. The smallest absolute Gasteiger partial charge is 0.274 e. The minimum absolute atomic E-state index is 0.0291. The molecule has 1 amide bonds. The van der Waals surface area contributed by atoms with E-state index in [1.807, 2.05) is 20.8 Å². The highest BCUT2D eigenvalue weighted by molar-refractivity contribution is 6.42. The van der Waals surface area contributed by atoms with Crippen molar-refractivity contribution in [3.8, 4) is 11.6 Å². The van der Waals surface area contributed by atoms with E-state index in [1.165, 1.54) is 0 Å². The summed E-state index contributed by atoms with van der Waals surface area (Å²) in [5.74, 6) is 0.408. The third kappa shape index (κ3) is 4.09. The molecule has 1 atom stereocenters. The Balaban J connectivity index is 1.75. The number of nitrogens with zero attached hydrogens (tertiary/aromatic N) is 3. The SMILES string of the molecule is C[C@H]1COC(C)(C)CN1C(=O)c1ccc(Oc2cccc(Cl)c2Cl)nn1. The molecule has 138 valence electrons. The van der Waals surface area contributed by atoms with E-state index < -0.39 is 0 Å². The normalized spacial score (nSPS) is 19.3. The quantitative estimate of drug-likeness (QED) is 0.778. The monoisotopic (exact) mass is 395 g/mol. The molecule has 0 bridgehead atoms. The number of halogens is 2. The largest absolute Gasteiger partial charge is 0.436 e. The first-order chi connectivity index (χ1) is 12.3. The molecular weight excluding hydrogens is 377 g/mol. The Morgan fingerprint density at radius 1 is 1.27 bits per heavy atom. The fraction of sp³-hybridized carbons (Fsp3) is 0.389. The van der Waals surface area contributed by atoms with Gasteiger partial charge in [0.25, 0.3) is 5.91 Å². The van der Waals surface area contributed by atoms with Crippen molar-refractivity contribution in [3.63, 3.8) is 0 Å². The van der Waals surface area contributed by atoms with Crippen molar-refractivity contribution in [3.05, 3.63) is 46.1 Å². The van der Waals surface area contributed by atoms with E-state index in [4.69, 9.17) is 32.7 Å². The van der Waals surface area contributed by atoms with Crippen LogP contribution in [0.5, 0.6) is 11.6 Å². The van der Waals surface area contributed by atoms with Crippen LogP contribution in [0, 0.1) is 0 Å². The number of carbonyl (C=O) groups is 1. The van der Waals surface area contributed by atoms with Gasteiger partial charge in [-0.05, 0) is 39.0 Å². The maximum absolute atomic E-state index is 12.8. The lowest BCUT2D eigenvalue weighted by Crippen LogP contribution is -2.55. The summed E-state index contributed by atoms with van der Waals surface area (Å²) in [5.41, 5.74) is -0.138. The first kappa shape index (κ1) is 18.9. The second-order valence-corrected chi connectivity index (χ2v) is 7.55. The molecule has 2 aromatic rings. The first-order valence-electron chi connectivity index (χ1n) is 8.17. The molecule has 0 radical (unpaired) electrons. The van der Waals surface area contributed by atoms with Crippen LogP contribution in [0.15, 0.2) is 30.3 Å². The van der Waals surface area contributed by atoms with Gasteiger partial charge in [0.1, 0.15) is 10.8 Å². The number of ether oxygens (including phenoxy) is 2. The van der Waals surface area contributed by atoms with E-state index in [0.29, 0.717) is 28.9 Å². The van der Waals surface area contributed by atoms with Crippen molar-refractivity contribution in [2.45, 2.75) is 32.4 Å². The van der Waals surface area contributed by atoms with E-state index in [2.05, 4.69) is 10.2 Å². The molecule has 0 aliphatic carbocycles. The summed E-state index contributed by atoms with van der Waals surface area (Å²) in [5, 5.41) is 8.64. The summed E-state index contributed by atoms with van der Waals surface area (Å²) in [6.07, 6.45) is 0. The highest BCUT2D eigenvalue weighted by Crippen LogP contribution is 2.33. The summed E-state index contributed by atoms with van der Waals surface area (Å²) in [6, 6.07) is 8.18. The number of rotatable bonds is 3. The van der Waals surface area contributed by atoms with Gasteiger partial charge in [0.05, 0.1) is 23.3 Å². The standard InChI is InChI=1S/C18H19Cl2N3O3/c1-11-9-25-18(2,3)10-23(11)17(24)13-7-8-15(22-21-13)26-14-6-4-5-12(19)16(14)20/h4-8,11H,9-10H2,1-3H3/t11-/m0/s1. The van der Waals surface area contributed by atoms with Crippen molar-refractivity contribution in [1.29, 1.82) is 0 Å². The van der Waals surface area contributed by atoms with Gasteiger partial charge in [-0.3, -0.25) is 4.79 Å². The van der Waals surface area contributed by atoms with Crippen molar-refractivity contribution in [2.75, 3.05) is 13.2 Å². The van der Waals surface area contributed by atoms with Crippen molar-refractivity contribution in [1.82, 2.24) is 15.1 Å². The zero-order valence-electron chi connectivity index (χ0n) is 14.7. The van der Waals surface area contributed by atoms with E-state index in [-0.39, 0.29) is 29.1 Å². The first-order valence-corrected chi connectivity index (χ1v) is 8.93. The van der Waals surface area contributed by atoms with Crippen LogP contribution in [-0.4, -0.2) is 45.8 Å². The van der Waals surface area contributed by atoms with Gasteiger partial charge in [-0.25, -0.2) is 0 Å². The van der Waals surface area contributed by atoms with Crippen molar-refractivity contribution >= 4 is 29.1 Å². The lowest BCUT2D eigenvalue weighted by Gasteiger charge is -2.42. The maximum Gasteiger partial charge on any atom is 0.274 e. The molecule has 26 heavy (non-hydrogen) atoms. The van der Waals surface area contributed by atoms with Crippen LogP contribution in [-0.2, 0) is 4.74 Å². The number of hydrogen-bond acceptors (Lipinski definition) is 5. The predicted molar refractivity (Wildman–Crippen MR) is 99.1 cm³/mol. The molecule has 0 saturated carbocycles. The number of morpholine rings is 1. The van der Waals surface area contributed by atoms with Crippen molar-refractivity contribution in [2.24, 2.45) is 0 Å². The van der Waals surface area contributed by atoms with E-state index >= 15 is 0 Å². The molecule has 6 nitrogen and oxygen atoms in total. The molecule has 3 rings (SSSR count). The zero-order valence-corrected chi connectivity index (χ0v) is 16.2. The van der Waals surface area contributed by atoms with Crippen LogP contribution in [0.1, 0.15) is 31.3 Å². The second-order valence-electron chi connectivity index (χ2n) is 6.76. The zero-order chi connectivity index (χ0) is 18.9. The highest BCUT2D eigenvalue weighted by Gasteiger charge is 2.35. The minimum atomic E-state index is -0.387. The lowest BCUT2D eigenvalue weighted by molar-refractivity contribution is -0.0981. The number of hydrogen-bond donors (Lipinski definition) is 0. The van der Waals surface area contributed by atoms with Crippen LogP contribution in [0.4, 0.5) is 0 Å². The van der Waals surface area contributed by atoms with Gasteiger partial charge in [0.15, 0.2) is 5.69 Å². The van der Waals surface area contributed by atoms with Gasteiger partial charge >= 0.3 is 0 Å². The summed E-state index contributed by atoms with van der Waals surface area (Å²) in [7, 11) is 0. The second kappa shape index (κ2) is 7.39. The van der Waals surface area contributed by atoms with E-state index in [9.17, 15) is 4.79 Å². The fourth-order valence-electron chi connectivity index (χ4n) is 2.63. The Labute approximate surface area is 162 Å². The molecule has 1 aromatic carbocycles. The molecule has 1 fully saturated rings. The Hall–Kier alpha value is -1.89. The van der Waals surface area contributed by atoms with E-state index in [0.717, 1.165) is 0 Å². The van der Waals surface area contributed by atoms with Gasteiger partial charge in [-0.1, -0.05) is 29.3 Å². The van der Waals surface area contributed by atoms with E-state index in [1.54, 1.807) is 35.2 Å². The van der Waals surface area contributed by atoms with Crippen LogP contribution in [0.3, 0.4) is 0 Å². The van der Waals surface area contributed by atoms with Crippen LogP contribution in [0.25, 0.3) is 0 Å². The predicted octanol–water partition coefficient (Wildman–Crippen LogP) is 4.22. The molecule has 1 aliphatic heterocycles. The molecule has 0 spiro atoms. The third-order valence-electron chi connectivity index (χ3n) is 4.05. The lowest BCUT2D eigenvalue weighted by atomic mass is 10.0. The fourth-order valence-corrected chi connectivity index (χ4v) is 2.96. The van der Waals surface area contributed by atoms with Gasteiger partial charge in [-0.2, -0.15) is 0 Å². The summed E-state index contributed by atoms with van der Waals surface area (Å²) >= 11 is 12.1. The number of benzene rings is 1. The Morgan fingerprint density at radius 2 is 2.04 bits per heavy atom. The third-order valence-corrected chi connectivity index (χ3v) is 4.85. The minimum Gasteiger partial charge on any atom is -0.436 e. The maximum atomic E-state index is 12.8. The topological polar surface area (TPSA) is 64.5 Å². The Bertz CT molecular complexity index is 812. The molecule has 1 aliphatic rings. The molecule has 1 aromatic heterocycles.